The van der Waals surface area contributed by atoms with Gasteiger partial charge in [-0.3, -0.25) is 9.59 Å². The summed E-state index contributed by atoms with van der Waals surface area (Å²) in [6.07, 6.45) is 1.60. The molecular weight excluding hydrogens is 402 g/mol. The number of hydrogen-bond donors (Lipinski definition) is 1. The first kappa shape index (κ1) is 19.7. The Bertz CT molecular complexity index is 1230. The number of carbonyl (C=O) groups is 2. The average Bonchev–Trinajstić information content (AvgIpc) is 3.43. The topological polar surface area (TPSA) is 82.5 Å². The summed E-state index contributed by atoms with van der Waals surface area (Å²) >= 11 is 1.63. The summed E-state index contributed by atoms with van der Waals surface area (Å²) in [6.45, 7) is -0.182. The van der Waals surface area contributed by atoms with Crippen molar-refractivity contribution in [2.24, 2.45) is 0 Å². The molecule has 4 rings (SSSR count). The normalized spacial score (nSPS) is 10.7. The molecule has 0 aliphatic carbocycles. The predicted octanol–water partition coefficient (Wildman–Crippen LogP) is 3.85. The van der Waals surface area contributed by atoms with Gasteiger partial charge < -0.3 is 14.8 Å². The summed E-state index contributed by atoms with van der Waals surface area (Å²) in [5, 5.41) is 10.1. The van der Waals surface area contributed by atoms with Crippen molar-refractivity contribution in [3.05, 3.63) is 65.7 Å². The van der Waals surface area contributed by atoms with Gasteiger partial charge in [-0.2, -0.15) is 5.10 Å². The lowest BCUT2D eigenvalue weighted by Gasteiger charge is -2.09. The van der Waals surface area contributed by atoms with Gasteiger partial charge in [-0.05, 0) is 30.3 Å². The Hall–Kier alpha value is -3.65. The highest BCUT2D eigenvalue weighted by Gasteiger charge is 2.15. The maximum Gasteiger partial charge on any atom is 0.266 e. The summed E-state index contributed by atoms with van der Waals surface area (Å²) in [5.41, 5.74) is 2.06. The van der Waals surface area contributed by atoms with Gasteiger partial charge in [0.25, 0.3) is 11.8 Å². The SMILES string of the molecule is COc1ccc(C(=O)NCC(=O)n2ccc(-c3csc4ccccc34)n2)cc1OC. The molecule has 0 aliphatic rings. The second kappa shape index (κ2) is 8.38. The monoisotopic (exact) mass is 421 g/mol. The summed E-state index contributed by atoms with van der Waals surface area (Å²) in [5.74, 6) is 0.237. The highest BCUT2D eigenvalue weighted by molar-refractivity contribution is 7.17. The molecule has 0 atom stereocenters. The van der Waals surface area contributed by atoms with E-state index in [1.165, 1.54) is 18.9 Å². The minimum absolute atomic E-state index is 0.182. The number of nitrogens with zero attached hydrogens (tertiary/aromatic N) is 2. The third kappa shape index (κ3) is 3.77. The Morgan fingerprint density at radius 3 is 2.67 bits per heavy atom. The van der Waals surface area contributed by atoms with Crippen LogP contribution < -0.4 is 14.8 Å². The van der Waals surface area contributed by atoms with Crippen LogP contribution >= 0.6 is 11.3 Å². The smallest absolute Gasteiger partial charge is 0.266 e. The largest absolute Gasteiger partial charge is 0.493 e. The molecule has 8 heteroatoms. The van der Waals surface area contributed by atoms with Gasteiger partial charge in [-0.1, -0.05) is 18.2 Å². The first-order valence-corrected chi connectivity index (χ1v) is 10.0. The number of amides is 1. The van der Waals surface area contributed by atoms with Gasteiger partial charge in [0, 0.05) is 32.8 Å². The van der Waals surface area contributed by atoms with Crippen LogP contribution in [0.2, 0.25) is 0 Å². The van der Waals surface area contributed by atoms with Crippen molar-refractivity contribution in [3.63, 3.8) is 0 Å². The number of nitrogens with one attached hydrogen (secondary N) is 1. The number of aromatic nitrogens is 2. The number of fused-ring (bicyclic) bond motifs is 1. The third-order valence-corrected chi connectivity index (χ3v) is 5.61. The quantitative estimate of drug-likeness (QED) is 0.511. The van der Waals surface area contributed by atoms with E-state index >= 15 is 0 Å². The van der Waals surface area contributed by atoms with Gasteiger partial charge in [0.1, 0.15) is 0 Å². The molecule has 0 saturated heterocycles. The zero-order valence-corrected chi connectivity index (χ0v) is 17.2. The number of hydrogen-bond acceptors (Lipinski definition) is 6. The van der Waals surface area contributed by atoms with Crippen molar-refractivity contribution in [3.8, 4) is 22.8 Å². The number of ether oxygens (including phenoxy) is 2. The molecule has 0 bridgehead atoms. The lowest BCUT2D eigenvalue weighted by molar-refractivity contribution is 0.0850. The first-order chi connectivity index (χ1) is 14.6. The van der Waals surface area contributed by atoms with E-state index in [9.17, 15) is 9.59 Å². The van der Waals surface area contributed by atoms with Crippen LogP contribution in [0.25, 0.3) is 21.3 Å². The molecule has 0 radical (unpaired) electrons. The van der Waals surface area contributed by atoms with Crippen molar-refractivity contribution < 1.29 is 19.1 Å². The van der Waals surface area contributed by atoms with Crippen molar-refractivity contribution >= 4 is 33.2 Å². The summed E-state index contributed by atoms with van der Waals surface area (Å²) in [4.78, 5) is 24.9. The highest BCUT2D eigenvalue weighted by atomic mass is 32.1. The van der Waals surface area contributed by atoms with Crippen LogP contribution in [0.1, 0.15) is 15.2 Å². The molecule has 152 valence electrons. The fourth-order valence-corrected chi connectivity index (χ4v) is 4.05. The molecule has 0 aliphatic heterocycles. The molecule has 0 spiro atoms. The molecule has 1 N–H and O–H groups in total. The highest BCUT2D eigenvalue weighted by Crippen LogP contribution is 2.32. The van der Waals surface area contributed by atoms with Crippen LogP contribution in [0.15, 0.2) is 60.1 Å². The van der Waals surface area contributed by atoms with Crippen LogP contribution in [0.5, 0.6) is 11.5 Å². The lowest BCUT2D eigenvalue weighted by Crippen LogP contribution is -2.32. The first-order valence-electron chi connectivity index (χ1n) is 9.16. The lowest BCUT2D eigenvalue weighted by atomic mass is 10.1. The average molecular weight is 421 g/mol. The molecule has 0 saturated carbocycles. The number of methoxy groups -OCH3 is 2. The van der Waals surface area contributed by atoms with E-state index in [1.807, 2.05) is 23.6 Å². The van der Waals surface area contributed by atoms with Crippen molar-refractivity contribution in [1.82, 2.24) is 15.1 Å². The zero-order chi connectivity index (χ0) is 21.1. The van der Waals surface area contributed by atoms with E-state index in [0.717, 1.165) is 15.6 Å². The van der Waals surface area contributed by atoms with E-state index in [1.54, 1.807) is 41.8 Å². The number of rotatable bonds is 6. The predicted molar refractivity (Wildman–Crippen MR) is 116 cm³/mol. The van der Waals surface area contributed by atoms with Crippen molar-refractivity contribution in [2.75, 3.05) is 20.8 Å². The van der Waals surface area contributed by atoms with Crippen LogP contribution in [0, 0.1) is 0 Å². The molecule has 2 aromatic carbocycles. The van der Waals surface area contributed by atoms with Gasteiger partial charge in [0.2, 0.25) is 0 Å². The summed E-state index contributed by atoms with van der Waals surface area (Å²) in [6, 6.07) is 14.7. The third-order valence-electron chi connectivity index (χ3n) is 4.65. The fraction of sp³-hybridized carbons (Fsp3) is 0.136. The van der Waals surface area contributed by atoms with Crippen LogP contribution in [-0.4, -0.2) is 42.4 Å². The van der Waals surface area contributed by atoms with E-state index in [4.69, 9.17) is 9.47 Å². The molecule has 2 aromatic heterocycles. The van der Waals surface area contributed by atoms with E-state index in [2.05, 4.69) is 16.5 Å². The molecule has 4 aromatic rings. The second-order valence-electron chi connectivity index (χ2n) is 6.44. The maximum atomic E-state index is 12.5. The number of carbonyl (C=O) groups excluding carboxylic acids is 2. The molecular formula is C22H19N3O4S. The Morgan fingerprint density at radius 1 is 1.07 bits per heavy atom. The Balaban J connectivity index is 1.44. The molecule has 0 unspecified atom stereocenters. The minimum Gasteiger partial charge on any atom is -0.493 e. The standard InChI is InChI=1S/C22H19N3O4S/c1-28-18-8-7-14(11-19(18)29-2)22(27)23-12-21(26)25-10-9-17(24-25)16-13-30-20-6-4-3-5-15(16)20/h3-11,13H,12H2,1-2H3,(H,23,27). The van der Waals surface area contributed by atoms with Crippen LogP contribution in [0.4, 0.5) is 0 Å². The Labute approximate surface area is 176 Å². The minimum atomic E-state index is -0.388. The molecule has 0 fully saturated rings. The Kier molecular flexibility index (Phi) is 5.49. The number of thiophene rings is 1. The molecule has 2 heterocycles. The van der Waals surface area contributed by atoms with Crippen molar-refractivity contribution in [1.29, 1.82) is 0 Å². The van der Waals surface area contributed by atoms with E-state index < -0.39 is 0 Å². The number of benzene rings is 2. The summed E-state index contributed by atoms with van der Waals surface area (Å²) < 4.78 is 12.8. The molecule has 1 amide bonds. The van der Waals surface area contributed by atoms with Crippen LogP contribution in [0.3, 0.4) is 0 Å². The van der Waals surface area contributed by atoms with E-state index in [0.29, 0.717) is 22.8 Å². The maximum absolute atomic E-state index is 12.5. The van der Waals surface area contributed by atoms with Gasteiger partial charge >= 0.3 is 0 Å². The van der Waals surface area contributed by atoms with E-state index in [-0.39, 0.29) is 18.4 Å². The molecule has 30 heavy (non-hydrogen) atoms. The zero-order valence-electron chi connectivity index (χ0n) is 16.4. The van der Waals surface area contributed by atoms with Gasteiger partial charge in [0.15, 0.2) is 11.5 Å². The molecule has 7 nitrogen and oxygen atoms in total. The summed E-state index contributed by atoms with van der Waals surface area (Å²) in [7, 11) is 3.02. The van der Waals surface area contributed by atoms with Gasteiger partial charge in [-0.15, -0.1) is 11.3 Å². The Morgan fingerprint density at radius 2 is 1.87 bits per heavy atom. The fourth-order valence-electron chi connectivity index (χ4n) is 3.10. The second-order valence-corrected chi connectivity index (χ2v) is 7.35. The van der Waals surface area contributed by atoms with Crippen molar-refractivity contribution in [2.45, 2.75) is 0 Å². The van der Waals surface area contributed by atoms with Crippen LogP contribution in [-0.2, 0) is 0 Å². The van der Waals surface area contributed by atoms with Gasteiger partial charge in [0.05, 0.1) is 26.5 Å². The van der Waals surface area contributed by atoms with Gasteiger partial charge in [-0.25, -0.2) is 4.68 Å².